The molecule has 0 spiro atoms. The Bertz CT molecular complexity index is 484. The number of carbonyl (C=O) groups is 1. The normalized spacial score (nSPS) is 16.5. The number of hydrogen-bond acceptors (Lipinski definition) is 2. The van der Waals surface area contributed by atoms with Gasteiger partial charge in [-0.25, -0.2) is 0 Å². The molecule has 0 unspecified atom stereocenters. The minimum atomic E-state index is -4.58. The molecule has 0 atom stereocenters. The van der Waals surface area contributed by atoms with Gasteiger partial charge in [-0.3, -0.25) is 4.79 Å². The Hall–Kier alpha value is -1.27. The number of morpholine rings is 1. The predicted octanol–water partition coefficient (Wildman–Crippen LogP) is 2.83. The lowest BCUT2D eigenvalue weighted by atomic mass is 10.1. The van der Waals surface area contributed by atoms with E-state index in [1.165, 1.54) is 4.90 Å². The molecule has 0 N–H and O–H groups in total. The van der Waals surface area contributed by atoms with E-state index in [2.05, 4.69) is 0 Å². The van der Waals surface area contributed by atoms with Gasteiger partial charge in [-0.2, -0.15) is 13.2 Å². The molecule has 104 valence electrons. The highest BCUT2D eigenvalue weighted by molar-refractivity contribution is 6.31. The summed E-state index contributed by atoms with van der Waals surface area (Å²) in [5, 5.41) is 0.101. The first-order valence-corrected chi connectivity index (χ1v) is 6.01. The van der Waals surface area contributed by atoms with Gasteiger partial charge in [0.05, 0.1) is 24.3 Å². The molecule has 1 amide bonds. The van der Waals surface area contributed by atoms with Crippen molar-refractivity contribution in [2.24, 2.45) is 0 Å². The van der Waals surface area contributed by atoms with Gasteiger partial charge in [0.15, 0.2) is 0 Å². The van der Waals surface area contributed by atoms with Gasteiger partial charge in [-0.15, -0.1) is 0 Å². The van der Waals surface area contributed by atoms with E-state index in [9.17, 15) is 18.0 Å². The Kier molecular flexibility index (Phi) is 4.01. The quantitative estimate of drug-likeness (QED) is 0.797. The Morgan fingerprint density at radius 2 is 1.89 bits per heavy atom. The van der Waals surface area contributed by atoms with Crippen LogP contribution in [0.15, 0.2) is 18.2 Å². The van der Waals surface area contributed by atoms with Gasteiger partial charge in [-0.1, -0.05) is 11.6 Å². The maximum Gasteiger partial charge on any atom is 0.417 e. The van der Waals surface area contributed by atoms with E-state index in [4.69, 9.17) is 16.3 Å². The van der Waals surface area contributed by atoms with Crippen molar-refractivity contribution >= 4 is 17.5 Å². The molecule has 19 heavy (non-hydrogen) atoms. The second-order valence-corrected chi connectivity index (χ2v) is 4.53. The third-order valence-corrected chi connectivity index (χ3v) is 3.05. The molecule has 0 aliphatic carbocycles. The molecule has 1 aromatic rings. The molecule has 0 bridgehead atoms. The van der Waals surface area contributed by atoms with Gasteiger partial charge in [0.2, 0.25) is 0 Å². The number of amides is 1. The van der Waals surface area contributed by atoms with Crippen molar-refractivity contribution in [3.8, 4) is 0 Å². The maximum atomic E-state index is 12.9. The molecule has 7 heteroatoms. The van der Waals surface area contributed by atoms with Gasteiger partial charge in [0.25, 0.3) is 5.91 Å². The second kappa shape index (κ2) is 5.38. The summed E-state index contributed by atoms with van der Waals surface area (Å²) in [5.74, 6) is -0.668. The highest BCUT2D eigenvalue weighted by atomic mass is 35.5. The molecule has 2 rings (SSSR count). The number of hydrogen-bond donors (Lipinski definition) is 0. The van der Waals surface area contributed by atoms with E-state index in [0.29, 0.717) is 13.2 Å². The van der Waals surface area contributed by atoms with Crippen molar-refractivity contribution < 1.29 is 22.7 Å². The van der Waals surface area contributed by atoms with Crippen LogP contribution in [0.5, 0.6) is 0 Å². The number of alkyl halides is 3. The molecule has 1 saturated heterocycles. The minimum absolute atomic E-state index is 0.101. The van der Waals surface area contributed by atoms with Crippen molar-refractivity contribution in [3.05, 3.63) is 34.3 Å². The van der Waals surface area contributed by atoms with Crippen LogP contribution >= 0.6 is 11.6 Å². The number of ether oxygens (including phenoxy) is 1. The third kappa shape index (κ3) is 3.19. The van der Waals surface area contributed by atoms with Crippen LogP contribution in [-0.4, -0.2) is 37.1 Å². The standard InChI is InChI=1S/C12H11ClF3NO2/c13-8-1-2-10(12(14,15)16)9(7-8)11(18)17-3-5-19-6-4-17/h1-2,7H,3-6H2. The number of benzene rings is 1. The minimum Gasteiger partial charge on any atom is -0.378 e. The molecular weight excluding hydrogens is 283 g/mol. The smallest absolute Gasteiger partial charge is 0.378 e. The lowest BCUT2D eigenvalue weighted by Crippen LogP contribution is -2.41. The van der Waals surface area contributed by atoms with Gasteiger partial charge in [0, 0.05) is 18.1 Å². The van der Waals surface area contributed by atoms with Crippen molar-refractivity contribution in [1.82, 2.24) is 4.90 Å². The van der Waals surface area contributed by atoms with Crippen LogP contribution in [0, 0.1) is 0 Å². The number of carbonyl (C=O) groups excluding carboxylic acids is 1. The topological polar surface area (TPSA) is 29.5 Å². The summed E-state index contributed by atoms with van der Waals surface area (Å²) in [6, 6.07) is 3.01. The van der Waals surface area contributed by atoms with E-state index in [1.807, 2.05) is 0 Å². The zero-order chi connectivity index (χ0) is 14.0. The van der Waals surface area contributed by atoms with E-state index in [1.54, 1.807) is 0 Å². The molecule has 1 fully saturated rings. The van der Waals surface area contributed by atoms with Gasteiger partial charge in [-0.05, 0) is 18.2 Å². The van der Waals surface area contributed by atoms with Crippen LogP contribution in [0.3, 0.4) is 0 Å². The van der Waals surface area contributed by atoms with Gasteiger partial charge < -0.3 is 9.64 Å². The van der Waals surface area contributed by atoms with Crippen molar-refractivity contribution in [2.45, 2.75) is 6.18 Å². The van der Waals surface area contributed by atoms with Crippen LogP contribution in [0.25, 0.3) is 0 Å². The fourth-order valence-corrected chi connectivity index (χ4v) is 2.05. The van der Waals surface area contributed by atoms with Crippen LogP contribution in [0.2, 0.25) is 5.02 Å². The summed E-state index contributed by atoms with van der Waals surface area (Å²) in [6.07, 6.45) is -4.58. The Morgan fingerprint density at radius 1 is 1.26 bits per heavy atom. The van der Waals surface area contributed by atoms with Crippen molar-refractivity contribution in [2.75, 3.05) is 26.3 Å². The average molecular weight is 294 g/mol. The van der Waals surface area contributed by atoms with Gasteiger partial charge >= 0.3 is 6.18 Å². The second-order valence-electron chi connectivity index (χ2n) is 4.09. The lowest BCUT2D eigenvalue weighted by molar-refractivity contribution is -0.138. The van der Waals surface area contributed by atoms with E-state index in [0.717, 1.165) is 18.2 Å². The monoisotopic (exact) mass is 293 g/mol. The fraction of sp³-hybridized carbons (Fsp3) is 0.417. The largest absolute Gasteiger partial charge is 0.417 e. The average Bonchev–Trinajstić information content (AvgIpc) is 2.37. The molecule has 0 radical (unpaired) electrons. The van der Waals surface area contributed by atoms with Crippen molar-refractivity contribution in [1.29, 1.82) is 0 Å². The predicted molar refractivity (Wildman–Crippen MR) is 63.2 cm³/mol. The molecule has 0 aromatic heterocycles. The Labute approximate surface area is 112 Å². The summed E-state index contributed by atoms with van der Waals surface area (Å²) >= 11 is 5.69. The van der Waals surface area contributed by atoms with Crippen molar-refractivity contribution in [3.63, 3.8) is 0 Å². The number of nitrogens with zero attached hydrogens (tertiary/aromatic N) is 1. The third-order valence-electron chi connectivity index (χ3n) is 2.82. The summed E-state index contributed by atoms with van der Waals surface area (Å²) < 4.78 is 43.7. The first kappa shape index (κ1) is 14.1. The first-order chi connectivity index (χ1) is 8.89. The highest BCUT2D eigenvalue weighted by Crippen LogP contribution is 2.34. The molecular formula is C12H11ClF3NO2. The summed E-state index contributed by atoms with van der Waals surface area (Å²) in [7, 11) is 0. The van der Waals surface area contributed by atoms with E-state index < -0.39 is 23.2 Å². The van der Waals surface area contributed by atoms with Crippen LogP contribution in [0.4, 0.5) is 13.2 Å². The van der Waals surface area contributed by atoms with Crippen LogP contribution in [-0.2, 0) is 10.9 Å². The fourth-order valence-electron chi connectivity index (χ4n) is 1.88. The summed E-state index contributed by atoms with van der Waals surface area (Å²) in [6.45, 7) is 1.21. The Morgan fingerprint density at radius 3 is 2.47 bits per heavy atom. The molecule has 0 saturated carbocycles. The highest BCUT2D eigenvalue weighted by Gasteiger charge is 2.36. The SMILES string of the molecule is O=C(c1cc(Cl)ccc1C(F)(F)F)N1CCOCC1. The van der Waals surface area contributed by atoms with Crippen LogP contribution in [0.1, 0.15) is 15.9 Å². The van der Waals surface area contributed by atoms with Crippen LogP contribution < -0.4 is 0 Å². The lowest BCUT2D eigenvalue weighted by Gasteiger charge is -2.27. The molecule has 1 aliphatic rings. The Balaban J connectivity index is 2.36. The zero-order valence-corrected chi connectivity index (χ0v) is 10.6. The summed E-state index contributed by atoms with van der Waals surface area (Å²) in [5.41, 5.74) is -1.38. The number of rotatable bonds is 1. The van der Waals surface area contributed by atoms with E-state index in [-0.39, 0.29) is 18.1 Å². The number of halogens is 4. The molecule has 1 heterocycles. The maximum absolute atomic E-state index is 12.9. The molecule has 1 aromatic carbocycles. The first-order valence-electron chi connectivity index (χ1n) is 5.63. The summed E-state index contributed by atoms with van der Waals surface area (Å²) in [4.78, 5) is 13.5. The molecule has 1 aliphatic heterocycles. The zero-order valence-electron chi connectivity index (χ0n) is 9.84. The molecule has 3 nitrogen and oxygen atoms in total. The van der Waals surface area contributed by atoms with E-state index >= 15 is 0 Å². The van der Waals surface area contributed by atoms with Gasteiger partial charge in [0.1, 0.15) is 0 Å².